The van der Waals surface area contributed by atoms with Crippen molar-refractivity contribution in [3.05, 3.63) is 18.0 Å². The van der Waals surface area contributed by atoms with Crippen molar-refractivity contribution in [2.45, 2.75) is 20.0 Å². The van der Waals surface area contributed by atoms with Crippen LogP contribution in [0.3, 0.4) is 0 Å². The highest BCUT2D eigenvalue weighted by Gasteiger charge is 2.07. The van der Waals surface area contributed by atoms with Gasteiger partial charge in [0.2, 0.25) is 5.95 Å². The van der Waals surface area contributed by atoms with Crippen LogP contribution < -0.4 is 4.90 Å². The first kappa shape index (κ1) is 11.9. The van der Waals surface area contributed by atoms with E-state index in [9.17, 15) is 0 Å². The number of rotatable bonds is 6. The van der Waals surface area contributed by atoms with Gasteiger partial charge in [-0.1, -0.05) is 6.92 Å². The molecule has 0 saturated carbocycles. The van der Waals surface area contributed by atoms with E-state index in [0.717, 1.165) is 13.0 Å². The second kappa shape index (κ2) is 6.31. The Morgan fingerprint density at radius 1 is 1.20 bits per heavy atom. The average molecular weight is 211 g/mol. The third kappa shape index (κ3) is 3.45. The summed E-state index contributed by atoms with van der Waals surface area (Å²) in [4.78, 5) is 10.2. The van der Waals surface area contributed by atoms with Gasteiger partial charge in [0.05, 0.1) is 13.2 Å². The van der Waals surface area contributed by atoms with Crippen LogP contribution in [0.1, 0.15) is 18.9 Å². The monoisotopic (exact) mass is 211 g/mol. The molecule has 0 bridgehead atoms. The first-order valence-electron chi connectivity index (χ1n) is 5.09. The summed E-state index contributed by atoms with van der Waals surface area (Å²) in [5.74, 6) is 0.600. The lowest BCUT2D eigenvalue weighted by molar-refractivity contribution is 0.280. The number of aliphatic hydroxyl groups excluding tert-OH is 2. The van der Waals surface area contributed by atoms with Crippen LogP contribution in [0.4, 0.5) is 5.95 Å². The fourth-order valence-corrected chi connectivity index (χ4v) is 1.30. The van der Waals surface area contributed by atoms with Crippen molar-refractivity contribution < 1.29 is 10.2 Å². The van der Waals surface area contributed by atoms with Gasteiger partial charge in [0.15, 0.2) is 0 Å². The zero-order valence-corrected chi connectivity index (χ0v) is 8.93. The van der Waals surface area contributed by atoms with Crippen molar-refractivity contribution in [2.24, 2.45) is 0 Å². The standard InChI is InChI=1S/C10H17N3O2/c1-2-3-13(4-5-14)10-11-6-9(8-15)7-12-10/h6-7,14-15H,2-5,8H2,1H3. The largest absolute Gasteiger partial charge is 0.395 e. The number of aliphatic hydroxyl groups is 2. The van der Waals surface area contributed by atoms with Crippen molar-refractivity contribution in [3.63, 3.8) is 0 Å². The molecule has 0 aliphatic carbocycles. The van der Waals surface area contributed by atoms with Crippen LogP contribution in [0.2, 0.25) is 0 Å². The Kier molecular flexibility index (Phi) is 5.00. The first-order chi connectivity index (χ1) is 7.31. The lowest BCUT2D eigenvalue weighted by atomic mass is 10.3. The SMILES string of the molecule is CCCN(CCO)c1ncc(CO)cn1. The van der Waals surface area contributed by atoms with Crippen molar-refractivity contribution in [1.82, 2.24) is 9.97 Å². The van der Waals surface area contributed by atoms with Gasteiger partial charge in [-0.05, 0) is 6.42 Å². The van der Waals surface area contributed by atoms with Gasteiger partial charge >= 0.3 is 0 Å². The Morgan fingerprint density at radius 2 is 1.87 bits per heavy atom. The highest BCUT2D eigenvalue weighted by Crippen LogP contribution is 2.07. The molecule has 0 aromatic carbocycles. The Hall–Kier alpha value is -1.20. The predicted molar refractivity (Wildman–Crippen MR) is 57.5 cm³/mol. The van der Waals surface area contributed by atoms with Crippen LogP contribution >= 0.6 is 0 Å². The summed E-state index contributed by atoms with van der Waals surface area (Å²) in [5.41, 5.74) is 0.694. The fraction of sp³-hybridized carbons (Fsp3) is 0.600. The van der Waals surface area contributed by atoms with Crippen molar-refractivity contribution >= 4 is 5.95 Å². The van der Waals surface area contributed by atoms with E-state index in [0.29, 0.717) is 18.1 Å². The van der Waals surface area contributed by atoms with Crippen LogP contribution in [0.15, 0.2) is 12.4 Å². The maximum Gasteiger partial charge on any atom is 0.225 e. The molecule has 0 fully saturated rings. The molecule has 0 amide bonds. The minimum atomic E-state index is -0.0476. The molecule has 1 aromatic rings. The molecule has 1 rings (SSSR count). The molecular weight excluding hydrogens is 194 g/mol. The highest BCUT2D eigenvalue weighted by atomic mass is 16.3. The summed E-state index contributed by atoms with van der Waals surface area (Å²) in [6.45, 7) is 3.46. The number of aromatic nitrogens is 2. The molecule has 0 unspecified atom stereocenters. The number of anilines is 1. The summed E-state index contributed by atoms with van der Waals surface area (Å²) < 4.78 is 0. The third-order valence-electron chi connectivity index (χ3n) is 2.02. The van der Waals surface area contributed by atoms with Crippen LogP contribution in [-0.2, 0) is 6.61 Å². The van der Waals surface area contributed by atoms with Crippen LogP contribution in [0.5, 0.6) is 0 Å². The maximum atomic E-state index is 8.89. The van der Waals surface area contributed by atoms with Gasteiger partial charge in [-0.25, -0.2) is 9.97 Å². The van der Waals surface area contributed by atoms with Gasteiger partial charge in [-0.3, -0.25) is 0 Å². The van der Waals surface area contributed by atoms with E-state index in [1.165, 1.54) is 0 Å². The average Bonchev–Trinajstić information content (AvgIpc) is 2.29. The molecular formula is C10H17N3O2. The molecule has 0 radical (unpaired) electrons. The van der Waals surface area contributed by atoms with Gasteiger partial charge in [0.1, 0.15) is 0 Å². The summed E-state index contributed by atoms with van der Waals surface area (Å²) in [5, 5.41) is 17.7. The predicted octanol–water partition coefficient (Wildman–Crippen LogP) is 0.178. The smallest absolute Gasteiger partial charge is 0.225 e. The summed E-state index contributed by atoms with van der Waals surface area (Å²) in [6.07, 6.45) is 4.18. The zero-order valence-electron chi connectivity index (χ0n) is 8.93. The van der Waals surface area contributed by atoms with Crippen LogP contribution in [-0.4, -0.2) is 39.9 Å². The minimum Gasteiger partial charge on any atom is -0.395 e. The molecule has 0 atom stereocenters. The fourth-order valence-electron chi connectivity index (χ4n) is 1.30. The second-order valence-corrected chi connectivity index (χ2v) is 3.26. The Balaban J connectivity index is 2.72. The number of nitrogens with zero attached hydrogens (tertiary/aromatic N) is 3. The van der Waals surface area contributed by atoms with Crippen molar-refractivity contribution in [2.75, 3.05) is 24.6 Å². The highest BCUT2D eigenvalue weighted by molar-refractivity contribution is 5.29. The molecule has 0 saturated heterocycles. The normalized spacial score (nSPS) is 10.3. The molecule has 2 N–H and O–H groups in total. The molecule has 0 aliphatic rings. The summed E-state index contributed by atoms with van der Waals surface area (Å²) >= 11 is 0. The summed E-state index contributed by atoms with van der Waals surface area (Å²) in [6, 6.07) is 0. The Morgan fingerprint density at radius 3 is 2.33 bits per heavy atom. The van der Waals surface area contributed by atoms with E-state index in [2.05, 4.69) is 16.9 Å². The van der Waals surface area contributed by atoms with E-state index < -0.39 is 0 Å². The number of hydrogen-bond donors (Lipinski definition) is 2. The minimum absolute atomic E-state index is 0.0476. The van der Waals surface area contributed by atoms with E-state index >= 15 is 0 Å². The van der Waals surface area contributed by atoms with Crippen LogP contribution in [0.25, 0.3) is 0 Å². The third-order valence-corrected chi connectivity index (χ3v) is 2.02. The van der Waals surface area contributed by atoms with Gasteiger partial charge in [0.25, 0.3) is 0 Å². The second-order valence-electron chi connectivity index (χ2n) is 3.26. The lowest BCUT2D eigenvalue weighted by Gasteiger charge is -2.20. The molecule has 5 heteroatoms. The van der Waals surface area contributed by atoms with Gasteiger partial charge in [-0.15, -0.1) is 0 Å². The number of hydrogen-bond acceptors (Lipinski definition) is 5. The molecule has 5 nitrogen and oxygen atoms in total. The molecule has 15 heavy (non-hydrogen) atoms. The van der Waals surface area contributed by atoms with Gasteiger partial charge in [-0.2, -0.15) is 0 Å². The van der Waals surface area contributed by atoms with Crippen LogP contribution in [0, 0.1) is 0 Å². The lowest BCUT2D eigenvalue weighted by Crippen LogP contribution is -2.29. The van der Waals surface area contributed by atoms with E-state index in [1.807, 2.05) is 4.90 Å². The molecule has 1 aromatic heterocycles. The topological polar surface area (TPSA) is 69.5 Å². The van der Waals surface area contributed by atoms with E-state index in [4.69, 9.17) is 10.2 Å². The Bertz CT molecular complexity index is 271. The molecule has 0 aliphatic heterocycles. The zero-order chi connectivity index (χ0) is 11.1. The van der Waals surface area contributed by atoms with Gasteiger partial charge < -0.3 is 15.1 Å². The van der Waals surface area contributed by atoms with Crippen molar-refractivity contribution in [1.29, 1.82) is 0 Å². The maximum absolute atomic E-state index is 8.89. The Labute approximate surface area is 89.4 Å². The van der Waals surface area contributed by atoms with Gasteiger partial charge in [0, 0.05) is 31.0 Å². The first-order valence-corrected chi connectivity index (χ1v) is 5.09. The quantitative estimate of drug-likeness (QED) is 0.702. The van der Waals surface area contributed by atoms with Crippen molar-refractivity contribution in [3.8, 4) is 0 Å². The molecule has 0 spiro atoms. The van der Waals surface area contributed by atoms with E-state index in [-0.39, 0.29) is 13.2 Å². The summed E-state index contributed by atoms with van der Waals surface area (Å²) in [7, 11) is 0. The molecule has 1 heterocycles. The van der Waals surface area contributed by atoms with E-state index in [1.54, 1.807) is 12.4 Å². The molecule has 84 valence electrons.